The third-order valence-corrected chi connectivity index (χ3v) is 4.26. The lowest BCUT2D eigenvalue weighted by atomic mass is 9.85. The summed E-state index contributed by atoms with van der Waals surface area (Å²) in [6.07, 6.45) is 2.81. The number of rotatable bonds is 7. The molecule has 1 amide bonds. The van der Waals surface area contributed by atoms with Gasteiger partial charge in [0.25, 0.3) is 0 Å². The fourth-order valence-electron chi connectivity index (χ4n) is 2.93. The molecule has 0 aliphatic carbocycles. The number of carbonyl (C=O) groups is 1. The van der Waals surface area contributed by atoms with Gasteiger partial charge in [0, 0.05) is 13.0 Å². The normalized spacial score (nSPS) is 19.4. The van der Waals surface area contributed by atoms with E-state index in [1.807, 2.05) is 0 Å². The Morgan fingerprint density at radius 2 is 2.30 bits per heavy atom. The zero-order valence-electron chi connectivity index (χ0n) is 13.4. The maximum atomic E-state index is 12.2. The number of hydrogen-bond donors (Lipinski definition) is 2. The first-order chi connectivity index (χ1) is 11.0. The number of benzene rings is 1. The summed E-state index contributed by atoms with van der Waals surface area (Å²) >= 11 is 0. The number of nitrogens with one attached hydrogen (secondary N) is 2. The molecule has 0 radical (unpaired) electrons. The average molecular weight is 326 g/mol. The van der Waals surface area contributed by atoms with Crippen LogP contribution in [0.3, 0.4) is 0 Å². The number of carbonyl (C=O) groups excluding carboxylic acids is 1. The zero-order valence-corrected chi connectivity index (χ0v) is 13.4. The lowest BCUT2D eigenvalue weighted by Gasteiger charge is -2.28. The van der Waals surface area contributed by atoms with Crippen LogP contribution < -0.4 is 15.4 Å². The molecule has 1 saturated heterocycles. The molecule has 0 spiro atoms. The quantitative estimate of drug-likeness (QED) is 0.810. The summed E-state index contributed by atoms with van der Waals surface area (Å²) in [6.45, 7) is 1.61. The number of piperidine rings is 1. The molecule has 2 unspecified atom stereocenters. The highest BCUT2D eigenvalue weighted by Gasteiger charge is 2.21. The summed E-state index contributed by atoms with van der Waals surface area (Å²) in [6, 6.07) is 6.39. The van der Waals surface area contributed by atoms with Crippen LogP contribution in [0.5, 0.6) is 5.75 Å². The van der Waals surface area contributed by atoms with Crippen molar-refractivity contribution < 1.29 is 18.3 Å². The fraction of sp³-hybridized carbons (Fsp3) is 0.588. The molecular formula is C17H24F2N2O2. The van der Waals surface area contributed by atoms with Gasteiger partial charge >= 0.3 is 6.61 Å². The summed E-state index contributed by atoms with van der Waals surface area (Å²) in [5.74, 6) is 0.963. The highest BCUT2D eigenvalue weighted by atomic mass is 19.3. The Kier molecular flexibility index (Phi) is 6.77. The lowest BCUT2D eigenvalue weighted by Crippen LogP contribution is -2.35. The van der Waals surface area contributed by atoms with Crippen LogP contribution in [0.2, 0.25) is 0 Å². The van der Waals surface area contributed by atoms with Gasteiger partial charge in [-0.1, -0.05) is 19.1 Å². The van der Waals surface area contributed by atoms with E-state index in [0.29, 0.717) is 24.8 Å². The van der Waals surface area contributed by atoms with Crippen molar-refractivity contribution in [2.45, 2.75) is 39.3 Å². The fourth-order valence-corrected chi connectivity index (χ4v) is 2.93. The van der Waals surface area contributed by atoms with Crippen molar-refractivity contribution in [1.82, 2.24) is 10.6 Å². The van der Waals surface area contributed by atoms with E-state index in [4.69, 9.17) is 0 Å². The first kappa shape index (κ1) is 17.7. The van der Waals surface area contributed by atoms with Gasteiger partial charge in [-0.25, -0.2) is 0 Å². The molecule has 23 heavy (non-hydrogen) atoms. The van der Waals surface area contributed by atoms with E-state index in [0.717, 1.165) is 31.5 Å². The van der Waals surface area contributed by atoms with Gasteiger partial charge in [0.05, 0.1) is 0 Å². The molecule has 128 valence electrons. The van der Waals surface area contributed by atoms with Crippen molar-refractivity contribution in [3.63, 3.8) is 0 Å². The Morgan fingerprint density at radius 1 is 1.48 bits per heavy atom. The van der Waals surface area contributed by atoms with Crippen LogP contribution in [0.4, 0.5) is 8.78 Å². The number of alkyl halides is 2. The molecule has 1 aliphatic rings. The number of amides is 1. The SMILES string of the molecule is CC(CC(=O)NCc1cccc(OC(F)F)c1)C1CCCNC1. The minimum atomic E-state index is -2.84. The Hall–Kier alpha value is -1.69. The summed E-state index contributed by atoms with van der Waals surface area (Å²) in [4.78, 5) is 12.0. The summed E-state index contributed by atoms with van der Waals surface area (Å²) < 4.78 is 28.7. The van der Waals surface area contributed by atoms with E-state index in [1.54, 1.807) is 12.1 Å². The van der Waals surface area contributed by atoms with E-state index in [-0.39, 0.29) is 11.7 Å². The minimum absolute atomic E-state index is 0.0109. The zero-order chi connectivity index (χ0) is 16.7. The van der Waals surface area contributed by atoms with Crippen molar-refractivity contribution in [3.05, 3.63) is 29.8 Å². The summed E-state index contributed by atoms with van der Waals surface area (Å²) in [5.41, 5.74) is 0.739. The molecule has 0 aromatic heterocycles. The van der Waals surface area contributed by atoms with Crippen molar-refractivity contribution in [1.29, 1.82) is 0 Å². The van der Waals surface area contributed by atoms with E-state index < -0.39 is 6.61 Å². The summed E-state index contributed by atoms with van der Waals surface area (Å²) in [7, 11) is 0. The second-order valence-electron chi connectivity index (χ2n) is 6.09. The molecule has 0 bridgehead atoms. The third kappa shape index (κ3) is 6.14. The third-order valence-electron chi connectivity index (χ3n) is 4.26. The van der Waals surface area contributed by atoms with E-state index in [1.165, 1.54) is 12.1 Å². The Bertz CT molecular complexity index is 505. The standard InChI is InChI=1S/C17H24F2N2O2/c1-12(14-5-3-7-20-11-14)8-16(22)21-10-13-4-2-6-15(9-13)23-17(18)19/h2,4,6,9,12,14,17,20H,3,5,7-8,10-11H2,1H3,(H,21,22). The highest BCUT2D eigenvalue weighted by molar-refractivity contribution is 5.76. The van der Waals surface area contributed by atoms with Crippen molar-refractivity contribution in [2.24, 2.45) is 11.8 Å². The maximum Gasteiger partial charge on any atom is 0.387 e. The molecular weight excluding hydrogens is 302 g/mol. The monoisotopic (exact) mass is 326 g/mol. The smallest absolute Gasteiger partial charge is 0.387 e. The largest absolute Gasteiger partial charge is 0.435 e. The Morgan fingerprint density at radius 3 is 3.00 bits per heavy atom. The molecule has 2 atom stereocenters. The molecule has 1 heterocycles. The van der Waals surface area contributed by atoms with Gasteiger partial charge in [-0.3, -0.25) is 4.79 Å². The van der Waals surface area contributed by atoms with Crippen molar-refractivity contribution in [3.8, 4) is 5.75 Å². The molecule has 1 fully saturated rings. The van der Waals surface area contributed by atoms with Crippen LogP contribution in [-0.4, -0.2) is 25.6 Å². The highest BCUT2D eigenvalue weighted by Crippen LogP contribution is 2.22. The topological polar surface area (TPSA) is 50.4 Å². The maximum absolute atomic E-state index is 12.2. The van der Waals surface area contributed by atoms with Gasteiger partial charge in [0.1, 0.15) is 5.75 Å². The Labute approximate surface area is 135 Å². The van der Waals surface area contributed by atoms with Gasteiger partial charge in [-0.05, 0) is 55.5 Å². The van der Waals surface area contributed by atoms with Crippen LogP contribution in [-0.2, 0) is 11.3 Å². The molecule has 1 aromatic carbocycles. The predicted molar refractivity (Wildman–Crippen MR) is 84.3 cm³/mol. The van der Waals surface area contributed by atoms with E-state index in [9.17, 15) is 13.6 Å². The van der Waals surface area contributed by atoms with Crippen LogP contribution in [0, 0.1) is 11.8 Å². The molecule has 1 aliphatic heterocycles. The lowest BCUT2D eigenvalue weighted by molar-refractivity contribution is -0.122. The van der Waals surface area contributed by atoms with Gasteiger partial charge in [-0.15, -0.1) is 0 Å². The predicted octanol–water partition coefficient (Wildman–Crippen LogP) is 2.93. The van der Waals surface area contributed by atoms with Crippen LogP contribution in [0.15, 0.2) is 24.3 Å². The van der Waals surface area contributed by atoms with Crippen LogP contribution in [0.25, 0.3) is 0 Å². The van der Waals surface area contributed by atoms with E-state index >= 15 is 0 Å². The molecule has 2 N–H and O–H groups in total. The van der Waals surface area contributed by atoms with E-state index in [2.05, 4.69) is 22.3 Å². The first-order valence-electron chi connectivity index (χ1n) is 8.05. The molecule has 4 nitrogen and oxygen atoms in total. The second kappa shape index (κ2) is 8.82. The second-order valence-corrected chi connectivity index (χ2v) is 6.09. The van der Waals surface area contributed by atoms with Gasteiger partial charge in [-0.2, -0.15) is 8.78 Å². The molecule has 1 aromatic rings. The van der Waals surface area contributed by atoms with Crippen molar-refractivity contribution in [2.75, 3.05) is 13.1 Å². The molecule has 2 rings (SSSR count). The average Bonchev–Trinajstić information content (AvgIpc) is 2.53. The minimum Gasteiger partial charge on any atom is -0.435 e. The number of ether oxygens (including phenoxy) is 1. The van der Waals surface area contributed by atoms with Crippen LogP contribution in [0.1, 0.15) is 31.7 Å². The van der Waals surface area contributed by atoms with Crippen molar-refractivity contribution >= 4 is 5.91 Å². The summed E-state index contributed by atoms with van der Waals surface area (Å²) in [5, 5.41) is 6.21. The van der Waals surface area contributed by atoms with Crippen LogP contribution >= 0.6 is 0 Å². The molecule has 6 heteroatoms. The number of hydrogen-bond acceptors (Lipinski definition) is 3. The van der Waals surface area contributed by atoms with Gasteiger partial charge in [0.15, 0.2) is 0 Å². The first-order valence-corrected chi connectivity index (χ1v) is 8.05. The van der Waals surface area contributed by atoms with Gasteiger partial charge in [0.2, 0.25) is 5.91 Å². The molecule has 0 saturated carbocycles. The van der Waals surface area contributed by atoms with Gasteiger partial charge < -0.3 is 15.4 Å². The Balaban J connectivity index is 1.77. The number of halogens is 2.